The topological polar surface area (TPSA) is 12.9 Å². The summed E-state index contributed by atoms with van der Waals surface area (Å²) >= 11 is 0. The minimum atomic E-state index is -0.717. The number of hydrogen-bond donors (Lipinski definition) is 0. The molecule has 0 atom stereocenters. The number of rotatable bonds is 1. The fourth-order valence-corrected chi connectivity index (χ4v) is 1.16. The van der Waals surface area contributed by atoms with Crippen LogP contribution < -0.4 is 0 Å². The summed E-state index contributed by atoms with van der Waals surface area (Å²) in [5.41, 5.74) is 0.828. The molecule has 1 heterocycles. The normalized spacial score (nSPS) is 9.47. The van der Waals surface area contributed by atoms with Gasteiger partial charge in [-0.3, -0.25) is 0 Å². The van der Waals surface area contributed by atoms with Crippen LogP contribution in [0, 0.1) is 17.7 Å². The van der Waals surface area contributed by atoms with Crippen molar-refractivity contribution in [2.45, 2.75) is 0 Å². The minimum absolute atomic E-state index is 0. The van der Waals surface area contributed by atoms with E-state index in [0.29, 0.717) is 11.3 Å². The van der Waals surface area contributed by atoms with Crippen LogP contribution in [-0.2, 0) is 20.1 Å². The van der Waals surface area contributed by atoms with Gasteiger partial charge < -0.3 is 4.98 Å². The van der Waals surface area contributed by atoms with Crippen LogP contribution in [0.4, 0.5) is 8.78 Å². The predicted molar refractivity (Wildman–Crippen MR) is 48.4 cm³/mol. The second-order valence-corrected chi connectivity index (χ2v) is 2.78. The van der Waals surface area contributed by atoms with Crippen LogP contribution in [0.15, 0.2) is 36.5 Å². The molecule has 1 nitrogen and oxygen atoms in total. The zero-order valence-electron chi connectivity index (χ0n) is 7.50. The summed E-state index contributed by atoms with van der Waals surface area (Å²) in [7, 11) is 0. The first kappa shape index (κ1) is 12.0. The summed E-state index contributed by atoms with van der Waals surface area (Å²) in [6, 6.07) is 9.53. The average Bonchev–Trinajstić information content (AvgIpc) is 2.18. The molecule has 1 radical (unpaired) electrons. The van der Waals surface area contributed by atoms with Gasteiger partial charge in [0.15, 0.2) is 0 Å². The van der Waals surface area contributed by atoms with E-state index in [-0.39, 0.29) is 20.1 Å². The number of pyridine rings is 1. The average molecular weight is 382 g/mol. The molecule has 0 N–H and O–H groups in total. The number of nitrogens with zero attached hydrogens (tertiary/aromatic N) is 1. The summed E-state index contributed by atoms with van der Waals surface area (Å²) in [5, 5.41) is 0. The Morgan fingerprint density at radius 2 is 1.93 bits per heavy atom. The van der Waals surface area contributed by atoms with E-state index in [4.69, 9.17) is 0 Å². The summed E-state index contributed by atoms with van der Waals surface area (Å²) in [6.45, 7) is 0. The Kier molecular flexibility index (Phi) is 4.06. The van der Waals surface area contributed by atoms with Gasteiger partial charge in [0.25, 0.3) is 0 Å². The van der Waals surface area contributed by atoms with Crippen LogP contribution in [0.5, 0.6) is 0 Å². The number of hydrogen-bond acceptors (Lipinski definition) is 1. The van der Waals surface area contributed by atoms with E-state index in [0.717, 1.165) is 6.07 Å². The van der Waals surface area contributed by atoms with Gasteiger partial charge in [-0.05, 0) is 11.8 Å². The molecular weight excluding hydrogens is 376 g/mol. The summed E-state index contributed by atoms with van der Waals surface area (Å²) < 4.78 is 25.6. The minimum Gasteiger partial charge on any atom is -0.305 e. The van der Waals surface area contributed by atoms with Gasteiger partial charge in [-0.1, -0.05) is 18.2 Å². The van der Waals surface area contributed by atoms with Gasteiger partial charge in [0, 0.05) is 37.9 Å². The number of aromatic nitrogens is 1. The van der Waals surface area contributed by atoms with Crippen molar-refractivity contribution in [1.82, 2.24) is 4.98 Å². The SMILES string of the molecule is Fc1[c-]c(-c2ccccn2)cc(F)c1.[Ir]. The Morgan fingerprint density at radius 3 is 2.53 bits per heavy atom. The third-order valence-corrected chi connectivity index (χ3v) is 1.74. The van der Waals surface area contributed by atoms with Crippen molar-refractivity contribution >= 4 is 0 Å². The molecule has 1 aromatic carbocycles. The van der Waals surface area contributed by atoms with Crippen LogP contribution in [0.2, 0.25) is 0 Å². The van der Waals surface area contributed by atoms with Crippen molar-refractivity contribution in [3.8, 4) is 11.3 Å². The van der Waals surface area contributed by atoms with E-state index in [2.05, 4.69) is 11.1 Å². The molecule has 0 unspecified atom stereocenters. The fourth-order valence-electron chi connectivity index (χ4n) is 1.16. The first-order valence-corrected chi connectivity index (χ1v) is 4.05. The molecule has 0 saturated carbocycles. The summed E-state index contributed by atoms with van der Waals surface area (Å²) in [4.78, 5) is 3.97. The third-order valence-electron chi connectivity index (χ3n) is 1.74. The smallest absolute Gasteiger partial charge is 0.0446 e. The van der Waals surface area contributed by atoms with Crippen LogP contribution >= 0.6 is 0 Å². The fraction of sp³-hybridized carbons (Fsp3) is 0. The summed E-state index contributed by atoms with van der Waals surface area (Å²) in [5.74, 6) is -1.34. The Balaban J connectivity index is 0.00000112. The molecule has 2 aromatic rings. The molecule has 0 aliphatic rings. The first-order chi connectivity index (χ1) is 6.75. The van der Waals surface area contributed by atoms with Crippen molar-refractivity contribution in [2.24, 2.45) is 0 Å². The quantitative estimate of drug-likeness (QED) is 0.692. The Bertz CT molecular complexity index is 425. The van der Waals surface area contributed by atoms with E-state index in [1.807, 2.05) is 0 Å². The Labute approximate surface area is 99.5 Å². The monoisotopic (exact) mass is 383 g/mol. The molecular formula is C11H6F2IrN-. The maximum Gasteiger partial charge on any atom is 0.0446 e. The molecule has 4 heteroatoms. The molecule has 0 spiro atoms. The zero-order valence-corrected chi connectivity index (χ0v) is 9.90. The van der Waals surface area contributed by atoms with Crippen LogP contribution in [0.1, 0.15) is 0 Å². The van der Waals surface area contributed by atoms with Gasteiger partial charge >= 0.3 is 0 Å². The molecule has 1 aromatic heterocycles. The Hall–Kier alpha value is -1.12. The zero-order chi connectivity index (χ0) is 9.97. The van der Waals surface area contributed by atoms with Crippen LogP contribution in [0.25, 0.3) is 11.3 Å². The molecule has 0 fully saturated rings. The first-order valence-electron chi connectivity index (χ1n) is 4.05. The molecule has 79 valence electrons. The molecule has 0 bridgehead atoms. The van der Waals surface area contributed by atoms with E-state index in [1.165, 1.54) is 6.07 Å². The third kappa shape index (κ3) is 2.91. The second kappa shape index (κ2) is 5.10. The van der Waals surface area contributed by atoms with Crippen molar-refractivity contribution in [2.75, 3.05) is 0 Å². The molecule has 0 aliphatic heterocycles. The van der Waals surface area contributed by atoms with Crippen molar-refractivity contribution in [3.63, 3.8) is 0 Å². The predicted octanol–water partition coefficient (Wildman–Crippen LogP) is 2.82. The number of benzene rings is 1. The standard InChI is InChI=1S/C11H6F2N.Ir/c12-9-5-8(6-10(13)7-9)11-3-1-2-4-14-11;/h1-5,7H;/q-1;. The molecule has 0 aliphatic carbocycles. The van der Waals surface area contributed by atoms with E-state index < -0.39 is 11.6 Å². The van der Waals surface area contributed by atoms with Gasteiger partial charge in [-0.25, -0.2) is 8.78 Å². The number of halogens is 2. The molecule has 0 amide bonds. The molecule has 0 saturated heterocycles. The molecule has 15 heavy (non-hydrogen) atoms. The van der Waals surface area contributed by atoms with Gasteiger partial charge in [0.2, 0.25) is 0 Å². The molecule has 2 rings (SSSR count). The maximum absolute atomic E-state index is 12.8. The van der Waals surface area contributed by atoms with Crippen LogP contribution in [-0.4, -0.2) is 4.98 Å². The van der Waals surface area contributed by atoms with E-state index >= 15 is 0 Å². The Morgan fingerprint density at radius 1 is 1.13 bits per heavy atom. The van der Waals surface area contributed by atoms with Crippen molar-refractivity contribution in [3.05, 3.63) is 54.2 Å². The van der Waals surface area contributed by atoms with Gasteiger partial charge in [0.05, 0.1) is 0 Å². The van der Waals surface area contributed by atoms with Gasteiger partial charge in [-0.2, -0.15) is 0 Å². The van der Waals surface area contributed by atoms with Gasteiger partial charge in [-0.15, -0.1) is 17.7 Å². The van der Waals surface area contributed by atoms with Crippen molar-refractivity contribution in [1.29, 1.82) is 0 Å². The van der Waals surface area contributed by atoms with Gasteiger partial charge in [0.1, 0.15) is 0 Å². The maximum atomic E-state index is 12.8. The second-order valence-electron chi connectivity index (χ2n) is 2.78. The summed E-state index contributed by atoms with van der Waals surface area (Å²) in [6.07, 6.45) is 1.56. The van der Waals surface area contributed by atoms with E-state index in [9.17, 15) is 8.78 Å². The van der Waals surface area contributed by atoms with Crippen molar-refractivity contribution < 1.29 is 28.9 Å². The van der Waals surface area contributed by atoms with E-state index in [1.54, 1.807) is 24.4 Å². The van der Waals surface area contributed by atoms with Crippen LogP contribution in [0.3, 0.4) is 0 Å². The largest absolute Gasteiger partial charge is 0.305 e.